The second-order valence-electron chi connectivity index (χ2n) is 4.26. The first kappa shape index (κ1) is 11.4. The molecular formula is C12H14N4OS. The van der Waals surface area contributed by atoms with Gasteiger partial charge in [-0.25, -0.2) is 0 Å². The lowest BCUT2D eigenvalue weighted by atomic mass is 10.1. The number of nitrogens with one attached hydrogen (secondary N) is 3. The molecule has 0 bridgehead atoms. The number of hydrogen-bond donors (Lipinski definition) is 3. The third kappa shape index (κ3) is 2.30. The fourth-order valence-electron chi connectivity index (χ4n) is 2.09. The van der Waals surface area contributed by atoms with E-state index in [-0.39, 0.29) is 5.91 Å². The van der Waals surface area contributed by atoms with Crippen molar-refractivity contribution in [3.05, 3.63) is 33.6 Å². The zero-order valence-corrected chi connectivity index (χ0v) is 10.6. The van der Waals surface area contributed by atoms with Crippen LogP contribution in [0.5, 0.6) is 0 Å². The summed E-state index contributed by atoms with van der Waals surface area (Å²) in [7, 11) is 0. The molecule has 0 aromatic carbocycles. The summed E-state index contributed by atoms with van der Waals surface area (Å²) in [4.78, 5) is 13.0. The molecule has 0 spiro atoms. The molecule has 94 valence electrons. The average molecular weight is 262 g/mol. The van der Waals surface area contributed by atoms with E-state index in [1.165, 1.54) is 0 Å². The van der Waals surface area contributed by atoms with Crippen LogP contribution in [0.15, 0.2) is 17.5 Å². The minimum absolute atomic E-state index is 0.00900. The second kappa shape index (κ2) is 4.91. The third-order valence-electron chi connectivity index (χ3n) is 2.98. The molecule has 1 aliphatic rings. The lowest BCUT2D eigenvalue weighted by molar-refractivity contribution is -0.115. The van der Waals surface area contributed by atoms with E-state index < -0.39 is 0 Å². The smallest absolute Gasteiger partial charge is 0.230 e. The molecule has 0 radical (unpaired) electrons. The maximum Gasteiger partial charge on any atom is 0.230 e. The van der Waals surface area contributed by atoms with Crippen LogP contribution in [0.2, 0.25) is 0 Å². The van der Waals surface area contributed by atoms with E-state index in [0.717, 1.165) is 35.6 Å². The van der Waals surface area contributed by atoms with Crippen molar-refractivity contribution in [3.8, 4) is 0 Å². The van der Waals surface area contributed by atoms with E-state index in [2.05, 4.69) is 20.8 Å². The van der Waals surface area contributed by atoms with Gasteiger partial charge < -0.3 is 10.6 Å². The topological polar surface area (TPSA) is 69.8 Å². The van der Waals surface area contributed by atoms with Gasteiger partial charge in [0.1, 0.15) is 0 Å². The number of amides is 1. The summed E-state index contributed by atoms with van der Waals surface area (Å²) >= 11 is 1.59. The van der Waals surface area contributed by atoms with Crippen LogP contribution in [0, 0.1) is 0 Å². The van der Waals surface area contributed by atoms with E-state index in [1.54, 1.807) is 11.3 Å². The standard InChI is InChI=1S/C12H14N4OS/c17-11(6-8-2-1-5-18-8)14-12-9-3-4-13-7-10(9)15-16-12/h1-2,5,13H,3-4,6-7H2,(H2,14,15,16,17). The summed E-state index contributed by atoms with van der Waals surface area (Å²) < 4.78 is 0. The fraction of sp³-hybridized carbons (Fsp3) is 0.333. The largest absolute Gasteiger partial charge is 0.311 e. The van der Waals surface area contributed by atoms with Gasteiger partial charge in [-0.2, -0.15) is 5.10 Å². The minimum atomic E-state index is -0.00900. The van der Waals surface area contributed by atoms with Gasteiger partial charge >= 0.3 is 0 Å². The van der Waals surface area contributed by atoms with Gasteiger partial charge in [-0.3, -0.25) is 9.89 Å². The molecule has 0 fully saturated rings. The van der Waals surface area contributed by atoms with Gasteiger partial charge in [0, 0.05) is 17.0 Å². The summed E-state index contributed by atoms with van der Waals surface area (Å²) in [5, 5.41) is 15.3. The maximum absolute atomic E-state index is 11.9. The Hall–Kier alpha value is -1.66. The molecule has 0 saturated heterocycles. The van der Waals surface area contributed by atoms with Crippen molar-refractivity contribution in [3.63, 3.8) is 0 Å². The van der Waals surface area contributed by atoms with Crippen molar-refractivity contribution in [2.45, 2.75) is 19.4 Å². The van der Waals surface area contributed by atoms with E-state index >= 15 is 0 Å². The molecule has 6 heteroatoms. The lowest BCUT2D eigenvalue weighted by Gasteiger charge is -2.12. The summed E-state index contributed by atoms with van der Waals surface area (Å²) in [5.74, 6) is 0.679. The first-order chi connectivity index (χ1) is 8.83. The van der Waals surface area contributed by atoms with Crippen molar-refractivity contribution in [2.75, 3.05) is 11.9 Å². The molecule has 3 heterocycles. The van der Waals surface area contributed by atoms with Gasteiger partial charge in [-0.05, 0) is 24.4 Å². The Kier molecular flexibility index (Phi) is 3.12. The Labute approximate surface area is 109 Å². The quantitative estimate of drug-likeness (QED) is 0.781. The Bertz CT molecular complexity index is 546. The van der Waals surface area contributed by atoms with Crippen LogP contribution in [-0.4, -0.2) is 22.6 Å². The van der Waals surface area contributed by atoms with Crippen molar-refractivity contribution in [1.82, 2.24) is 15.5 Å². The molecule has 3 N–H and O–H groups in total. The number of rotatable bonds is 3. The molecule has 3 rings (SSSR count). The second-order valence-corrected chi connectivity index (χ2v) is 5.29. The highest BCUT2D eigenvalue weighted by Crippen LogP contribution is 2.20. The number of thiophene rings is 1. The van der Waals surface area contributed by atoms with E-state index in [1.807, 2.05) is 17.5 Å². The van der Waals surface area contributed by atoms with Crippen LogP contribution < -0.4 is 10.6 Å². The summed E-state index contributed by atoms with van der Waals surface area (Å²) in [6.45, 7) is 1.73. The molecule has 18 heavy (non-hydrogen) atoms. The fourth-order valence-corrected chi connectivity index (χ4v) is 2.80. The summed E-state index contributed by atoms with van der Waals surface area (Å²) in [6.07, 6.45) is 1.32. The number of nitrogens with zero attached hydrogens (tertiary/aromatic N) is 1. The monoisotopic (exact) mass is 262 g/mol. The highest BCUT2D eigenvalue weighted by atomic mass is 32.1. The highest BCUT2D eigenvalue weighted by molar-refractivity contribution is 7.10. The van der Waals surface area contributed by atoms with Crippen LogP contribution in [0.1, 0.15) is 16.1 Å². The summed E-state index contributed by atoms with van der Waals surface area (Å²) in [6, 6.07) is 3.92. The van der Waals surface area contributed by atoms with Crippen LogP contribution in [0.25, 0.3) is 0 Å². The zero-order chi connectivity index (χ0) is 12.4. The lowest BCUT2D eigenvalue weighted by Crippen LogP contribution is -2.24. The molecule has 1 amide bonds. The number of carbonyl (C=O) groups excluding carboxylic acids is 1. The molecular weight excluding hydrogens is 248 g/mol. The van der Waals surface area contributed by atoms with Crippen LogP contribution in [0.4, 0.5) is 5.82 Å². The predicted molar refractivity (Wildman–Crippen MR) is 70.7 cm³/mol. The number of carbonyl (C=O) groups is 1. The average Bonchev–Trinajstić information content (AvgIpc) is 3.00. The summed E-state index contributed by atoms with van der Waals surface area (Å²) in [5.41, 5.74) is 2.21. The Morgan fingerprint density at radius 1 is 1.56 bits per heavy atom. The number of aromatic amines is 1. The molecule has 1 aliphatic heterocycles. The molecule has 2 aromatic heterocycles. The van der Waals surface area contributed by atoms with Gasteiger partial charge in [-0.1, -0.05) is 6.07 Å². The van der Waals surface area contributed by atoms with Crippen LogP contribution >= 0.6 is 11.3 Å². The van der Waals surface area contributed by atoms with Gasteiger partial charge in [0.15, 0.2) is 5.82 Å². The van der Waals surface area contributed by atoms with Crippen LogP contribution in [0.3, 0.4) is 0 Å². The van der Waals surface area contributed by atoms with Crippen molar-refractivity contribution in [1.29, 1.82) is 0 Å². The van der Waals surface area contributed by atoms with Gasteiger partial charge in [0.05, 0.1) is 12.1 Å². The Morgan fingerprint density at radius 3 is 3.33 bits per heavy atom. The molecule has 0 saturated carbocycles. The number of aromatic nitrogens is 2. The first-order valence-electron chi connectivity index (χ1n) is 5.92. The SMILES string of the molecule is O=C(Cc1cccs1)Nc1n[nH]c2c1CCNC2. The van der Waals surface area contributed by atoms with Crippen molar-refractivity contribution >= 4 is 23.1 Å². The van der Waals surface area contributed by atoms with E-state index in [4.69, 9.17) is 0 Å². The molecule has 5 nitrogen and oxygen atoms in total. The van der Waals surface area contributed by atoms with Gasteiger partial charge in [0.25, 0.3) is 0 Å². The molecule has 0 unspecified atom stereocenters. The predicted octanol–water partition coefficient (Wildman–Crippen LogP) is 1.30. The van der Waals surface area contributed by atoms with Gasteiger partial charge in [-0.15, -0.1) is 11.3 Å². The minimum Gasteiger partial charge on any atom is -0.311 e. The molecule has 0 aliphatic carbocycles. The Morgan fingerprint density at radius 2 is 2.50 bits per heavy atom. The first-order valence-corrected chi connectivity index (χ1v) is 6.80. The van der Waals surface area contributed by atoms with E-state index in [9.17, 15) is 4.79 Å². The van der Waals surface area contributed by atoms with Gasteiger partial charge in [0.2, 0.25) is 5.91 Å². The van der Waals surface area contributed by atoms with E-state index in [0.29, 0.717) is 12.2 Å². The number of anilines is 1. The normalized spacial score (nSPS) is 14.2. The number of hydrogen-bond acceptors (Lipinski definition) is 4. The molecule has 0 atom stereocenters. The maximum atomic E-state index is 11.9. The molecule has 2 aromatic rings. The van der Waals surface area contributed by atoms with Crippen LogP contribution in [-0.2, 0) is 24.2 Å². The number of H-pyrrole nitrogens is 1. The van der Waals surface area contributed by atoms with Crippen molar-refractivity contribution < 1.29 is 4.79 Å². The number of fused-ring (bicyclic) bond motifs is 1. The third-order valence-corrected chi connectivity index (χ3v) is 3.86. The highest BCUT2D eigenvalue weighted by Gasteiger charge is 2.18. The van der Waals surface area contributed by atoms with Crippen molar-refractivity contribution in [2.24, 2.45) is 0 Å². The zero-order valence-electron chi connectivity index (χ0n) is 9.82. The Balaban J connectivity index is 1.69.